The fourth-order valence-corrected chi connectivity index (χ4v) is 3.99. The third kappa shape index (κ3) is 2.67. The second-order valence-corrected chi connectivity index (χ2v) is 6.46. The Kier molecular flexibility index (Phi) is 3.72. The number of carbonyl (C=O) groups excluding carboxylic acids is 1. The summed E-state index contributed by atoms with van der Waals surface area (Å²) in [6.45, 7) is 2.23. The Bertz CT molecular complexity index is 715. The molecule has 0 unspecified atom stereocenters. The number of amides is 1. The first-order valence-corrected chi connectivity index (χ1v) is 7.76. The number of anilines is 1. The first-order chi connectivity index (χ1) is 10.2. The maximum Gasteiger partial charge on any atom is 0.256 e. The average molecular weight is 297 g/mol. The van der Waals surface area contributed by atoms with E-state index in [2.05, 4.69) is 23.3 Å². The molecule has 0 aromatic carbocycles. The minimum absolute atomic E-state index is 0.194. The lowest BCUT2D eigenvalue weighted by Crippen LogP contribution is -2.12. The van der Waals surface area contributed by atoms with Crippen molar-refractivity contribution in [2.45, 2.75) is 26.2 Å². The van der Waals surface area contributed by atoms with Gasteiger partial charge in [-0.3, -0.25) is 9.78 Å². The van der Waals surface area contributed by atoms with Gasteiger partial charge in [0.1, 0.15) is 11.1 Å². The van der Waals surface area contributed by atoms with E-state index in [4.69, 9.17) is 0 Å². The second kappa shape index (κ2) is 5.66. The molecule has 1 atom stereocenters. The standard InChI is InChI=1S/C16H15N3OS/c1-10-2-3-12-13(9-17)16(21-14(12)8-10)19-15(20)11-4-6-18-7-5-11/h4-7,10H,2-3,8H2,1H3,(H,19,20)/t10-/m0/s1. The van der Waals surface area contributed by atoms with Crippen molar-refractivity contribution in [2.75, 3.05) is 5.32 Å². The van der Waals surface area contributed by atoms with Crippen LogP contribution in [0.5, 0.6) is 0 Å². The van der Waals surface area contributed by atoms with E-state index in [1.807, 2.05) is 0 Å². The van der Waals surface area contributed by atoms with Crippen molar-refractivity contribution < 1.29 is 4.79 Å². The topological polar surface area (TPSA) is 65.8 Å². The first-order valence-electron chi connectivity index (χ1n) is 6.95. The normalized spacial score (nSPS) is 16.9. The molecule has 4 nitrogen and oxygen atoms in total. The summed E-state index contributed by atoms with van der Waals surface area (Å²) >= 11 is 1.54. The molecule has 1 N–H and O–H groups in total. The molecule has 0 saturated heterocycles. The fourth-order valence-electron chi connectivity index (χ4n) is 2.64. The van der Waals surface area contributed by atoms with Crippen molar-refractivity contribution >= 4 is 22.2 Å². The van der Waals surface area contributed by atoms with Crippen molar-refractivity contribution in [1.29, 1.82) is 5.26 Å². The van der Waals surface area contributed by atoms with Crippen LogP contribution < -0.4 is 5.32 Å². The molecule has 2 aromatic heterocycles. The molecule has 2 heterocycles. The molecule has 1 aliphatic rings. The maximum absolute atomic E-state index is 12.2. The SMILES string of the molecule is C[C@H]1CCc2c(sc(NC(=O)c3ccncc3)c2C#N)C1. The molecule has 0 aliphatic heterocycles. The summed E-state index contributed by atoms with van der Waals surface area (Å²) in [7, 11) is 0. The zero-order valence-electron chi connectivity index (χ0n) is 11.7. The van der Waals surface area contributed by atoms with Gasteiger partial charge in [0.15, 0.2) is 0 Å². The van der Waals surface area contributed by atoms with Gasteiger partial charge in [0.05, 0.1) is 5.56 Å². The molecule has 0 radical (unpaired) electrons. The van der Waals surface area contributed by atoms with Gasteiger partial charge >= 0.3 is 0 Å². The Morgan fingerprint density at radius 1 is 1.48 bits per heavy atom. The van der Waals surface area contributed by atoms with Crippen LogP contribution in [0.4, 0.5) is 5.00 Å². The number of fused-ring (bicyclic) bond motifs is 1. The van der Waals surface area contributed by atoms with E-state index in [1.165, 1.54) is 4.88 Å². The van der Waals surface area contributed by atoms with Gasteiger partial charge in [-0.1, -0.05) is 6.92 Å². The summed E-state index contributed by atoms with van der Waals surface area (Å²) < 4.78 is 0. The molecule has 21 heavy (non-hydrogen) atoms. The maximum atomic E-state index is 12.2. The summed E-state index contributed by atoms with van der Waals surface area (Å²) in [6.07, 6.45) is 6.21. The van der Waals surface area contributed by atoms with E-state index in [9.17, 15) is 10.1 Å². The molecule has 0 bridgehead atoms. The van der Waals surface area contributed by atoms with Gasteiger partial charge in [-0.2, -0.15) is 5.26 Å². The number of rotatable bonds is 2. The predicted octanol–water partition coefficient (Wildman–Crippen LogP) is 3.39. The van der Waals surface area contributed by atoms with E-state index in [-0.39, 0.29) is 5.91 Å². The molecular weight excluding hydrogens is 282 g/mol. The Morgan fingerprint density at radius 3 is 2.95 bits per heavy atom. The molecule has 3 rings (SSSR count). The van der Waals surface area contributed by atoms with Crippen LogP contribution in [0.3, 0.4) is 0 Å². The largest absolute Gasteiger partial charge is 0.312 e. The number of carbonyl (C=O) groups is 1. The minimum atomic E-state index is -0.194. The highest BCUT2D eigenvalue weighted by molar-refractivity contribution is 7.16. The van der Waals surface area contributed by atoms with E-state index >= 15 is 0 Å². The van der Waals surface area contributed by atoms with Gasteiger partial charge in [-0.05, 0) is 42.9 Å². The minimum Gasteiger partial charge on any atom is -0.312 e. The van der Waals surface area contributed by atoms with Crippen LogP contribution in [0, 0.1) is 17.2 Å². The van der Waals surface area contributed by atoms with Crippen molar-refractivity contribution in [1.82, 2.24) is 4.98 Å². The lowest BCUT2D eigenvalue weighted by Gasteiger charge is -2.17. The van der Waals surface area contributed by atoms with Crippen LogP contribution in [0.25, 0.3) is 0 Å². The summed E-state index contributed by atoms with van der Waals surface area (Å²) in [5.74, 6) is 0.451. The number of aromatic nitrogens is 1. The number of hydrogen-bond donors (Lipinski definition) is 1. The Balaban J connectivity index is 1.90. The monoisotopic (exact) mass is 297 g/mol. The molecule has 0 saturated carbocycles. The van der Waals surface area contributed by atoms with Gasteiger partial charge in [-0.15, -0.1) is 11.3 Å². The molecule has 1 aliphatic carbocycles. The van der Waals surface area contributed by atoms with Crippen LogP contribution >= 0.6 is 11.3 Å². The highest BCUT2D eigenvalue weighted by Crippen LogP contribution is 2.39. The van der Waals surface area contributed by atoms with Crippen molar-refractivity contribution in [2.24, 2.45) is 5.92 Å². The summed E-state index contributed by atoms with van der Waals surface area (Å²) in [5, 5.41) is 13.0. The van der Waals surface area contributed by atoms with Gasteiger partial charge in [0.25, 0.3) is 5.91 Å². The predicted molar refractivity (Wildman–Crippen MR) is 82.4 cm³/mol. The number of thiophene rings is 1. The summed E-state index contributed by atoms with van der Waals surface area (Å²) in [5.41, 5.74) is 2.32. The van der Waals surface area contributed by atoms with Crippen molar-refractivity contribution in [3.05, 3.63) is 46.1 Å². The lowest BCUT2D eigenvalue weighted by molar-refractivity contribution is 0.102. The van der Waals surface area contributed by atoms with Crippen molar-refractivity contribution in [3.8, 4) is 6.07 Å². The fraction of sp³-hybridized carbons (Fsp3) is 0.312. The van der Waals surface area contributed by atoms with Crippen LogP contribution in [-0.4, -0.2) is 10.9 Å². The number of pyridine rings is 1. The third-order valence-electron chi connectivity index (χ3n) is 3.79. The lowest BCUT2D eigenvalue weighted by atomic mass is 9.88. The highest BCUT2D eigenvalue weighted by Gasteiger charge is 2.24. The number of nitrogens with one attached hydrogen (secondary N) is 1. The summed E-state index contributed by atoms with van der Waals surface area (Å²) in [4.78, 5) is 17.4. The number of nitriles is 1. The van der Waals surface area contributed by atoms with Gasteiger partial charge in [0, 0.05) is 22.8 Å². The molecule has 2 aromatic rings. The highest BCUT2D eigenvalue weighted by atomic mass is 32.1. The second-order valence-electron chi connectivity index (χ2n) is 5.36. The number of nitrogens with zero attached hydrogens (tertiary/aromatic N) is 2. The molecule has 1 amide bonds. The van der Waals surface area contributed by atoms with E-state index in [0.29, 0.717) is 22.0 Å². The molecule has 5 heteroatoms. The smallest absolute Gasteiger partial charge is 0.256 e. The van der Waals surface area contributed by atoms with Crippen LogP contribution in [0.1, 0.15) is 39.7 Å². The molecule has 0 fully saturated rings. The molecule has 0 spiro atoms. The zero-order chi connectivity index (χ0) is 14.8. The van der Waals surface area contributed by atoms with Crippen LogP contribution in [0.2, 0.25) is 0 Å². The zero-order valence-corrected chi connectivity index (χ0v) is 12.5. The van der Waals surface area contributed by atoms with Gasteiger partial charge < -0.3 is 5.32 Å². The van der Waals surface area contributed by atoms with Crippen molar-refractivity contribution in [3.63, 3.8) is 0 Å². The van der Waals surface area contributed by atoms with E-state index in [1.54, 1.807) is 35.9 Å². The molecule has 106 valence electrons. The Hall–Kier alpha value is -2.19. The number of hydrogen-bond acceptors (Lipinski definition) is 4. The van der Waals surface area contributed by atoms with Gasteiger partial charge in [-0.25, -0.2) is 0 Å². The Labute approximate surface area is 127 Å². The Morgan fingerprint density at radius 2 is 2.24 bits per heavy atom. The van der Waals surface area contributed by atoms with E-state index < -0.39 is 0 Å². The summed E-state index contributed by atoms with van der Waals surface area (Å²) in [6, 6.07) is 5.59. The van der Waals surface area contributed by atoms with E-state index in [0.717, 1.165) is 24.8 Å². The van der Waals surface area contributed by atoms with Crippen LogP contribution in [-0.2, 0) is 12.8 Å². The first kappa shape index (κ1) is 13.8. The average Bonchev–Trinajstić information content (AvgIpc) is 2.84. The third-order valence-corrected chi connectivity index (χ3v) is 4.96. The molecular formula is C16H15N3OS. The van der Waals surface area contributed by atoms with Crippen LogP contribution in [0.15, 0.2) is 24.5 Å². The van der Waals surface area contributed by atoms with Gasteiger partial charge in [0.2, 0.25) is 0 Å². The quantitative estimate of drug-likeness (QED) is 0.924.